The number of ketones is 1. The van der Waals surface area contributed by atoms with Crippen molar-refractivity contribution in [1.29, 1.82) is 0 Å². The van der Waals surface area contributed by atoms with E-state index < -0.39 is 4.92 Å². The van der Waals surface area contributed by atoms with Crippen molar-refractivity contribution in [1.82, 2.24) is 4.98 Å². The van der Waals surface area contributed by atoms with Crippen LogP contribution in [0.15, 0.2) is 34.0 Å². The average Bonchev–Trinajstić information content (AvgIpc) is 2.87. The number of hydrogen-bond acceptors (Lipinski definition) is 6. The number of hydrogen-bond donors (Lipinski definition) is 0. The number of nitro benzene ring substituents is 1. The summed E-state index contributed by atoms with van der Waals surface area (Å²) in [5.74, 6) is 0.896. The molecule has 0 radical (unpaired) electrons. The molecule has 1 heterocycles. The number of carbonyl (C=O) groups excluding carboxylic acids is 1. The molecular formula is C13H12N2O3S2. The van der Waals surface area contributed by atoms with Crippen LogP contribution in [0, 0.1) is 10.1 Å². The highest BCUT2D eigenvalue weighted by atomic mass is 32.2. The molecule has 0 aliphatic heterocycles. The summed E-state index contributed by atoms with van der Waals surface area (Å²) in [7, 11) is 0. The first-order valence-corrected chi connectivity index (χ1v) is 7.75. The summed E-state index contributed by atoms with van der Waals surface area (Å²) < 4.78 is 0.902. The topological polar surface area (TPSA) is 73.1 Å². The van der Waals surface area contributed by atoms with Crippen molar-refractivity contribution >= 4 is 34.6 Å². The molecule has 2 aromatic rings. The van der Waals surface area contributed by atoms with Gasteiger partial charge in [0.25, 0.3) is 5.69 Å². The van der Waals surface area contributed by atoms with Crippen LogP contribution in [0.4, 0.5) is 5.69 Å². The zero-order chi connectivity index (χ0) is 14.5. The number of thiazole rings is 1. The quantitative estimate of drug-likeness (QED) is 0.461. The van der Waals surface area contributed by atoms with E-state index >= 15 is 0 Å². The zero-order valence-corrected chi connectivity index (χ0v) is 12.4. The third-order valence-corrected chi connectivity index (χ3v) is 4.56. The van der Waals surface area contributed by atoms with E-state index in [1.54, 1.807) is 30.8 Å². The summed E-state index contributed by atoms with van der Waals surface area (Å²) in [6.45, 7) is 1.57. The third-order valence-electron chi connectivity index (χ3n) is 2.54. The van der Waals surface area contributed by atoms with Gasteiger partial charge < -0.3 is 0 Å². The number of benzene rings is 1. The summed E-state index contributed by atoms with van der Waals surface area (Å²) in [6, 6.07) is 6.32. The highest BCUT2D eigenvalue weighted by Crippen LogP contribution is 2.29. The van der Waals surface area contributed by atoms with Crippen molar-refractivity contribution in [2.75, 3.05) is 5.75 Å². The van der Waals surface area contributed by atoms with E-state index in [1.807, 2.05) is 5.38 Å². The van der Waals surface area contributed by atoms with E-state index in [9.17, 15) is 14.9 Å². The van der Waals surface area contributed by atoms with Crippen molar-refractivity contribution in [3.63, 3.8) is 0 Å². The first kappa shape index (κ1) is 14.7. The van der Waals surface area contributed by atoms with Gasteiger partial charge in [-0.2, -0.15) is 0 Å². The van der Waals surface area contributed by atoms with Crippen molar-refractivity contribution in [2.45, 2.75) is 17.7 Å². The van der Waals surface area contributed by atoms with Gasteiger partial charge in [0.05, 0.1) is 10.6 Å². The lowest BCUT2D eigenvalue weighted by Crippen LogP contribution is -1.91. The molecule has 0 spiro atoms. The molecule has 0 fully saturated rings. The standard InChI is InChI=1S/C13H12N2O3S2/c1-9(16)6-7-19-13-14-12(8-20-13)10-2-4-11(5-3-10)15(17)18/h2-5,8H,6-7H2,1H3. The number of non-ortho nitro benzene ring substituents is 1. The van der Waals surface area contributed by atoms with E-state index in [4.69, 9.17) is 0 Å². The molecule has 0 atom stereocenters. The number of aromatic nitrogens is 1. The Morgan fingerprint density at radius 2 is 2.10 bits per heavy atom. The van der Waals surface area contributed by atoms with E-state index in [1.165, 1.54) is 23.5 Å². The summed E-state index contributed by atoms with van der Waals surface area (Å²) in [5.41, 5.74) is 1.72. The number of rotatable bonds is 6. The van der Waals surface area contributed by atoms with Crippen LogP contribution in [0.2, 0.25) is 0 Å². The van der Waals surface area contributed by atoms with Gasteiger partial charge in [-0.25, -0.2) is 4.98 Å². The largest absolute Gasteiger partial charge is 0.300 e. The van der Waals surface area contributed by atoms with Gasteiger partial charge in [0.15, 0.2) is 4.34 Å². The predicted octanol–water partition coefficient (Wildman–Crippen LogP) is 3.79. The molecule has 0 aliphatic carbocycles. The molecule has 0 unspecified atom stereocenters. The number of nitro groups is 1. The summed E-state index contributed by atoms with van der Waals surface area (Å²) in [6.07, 6.45) is 0.539. The minimum atomic E-state index is -0.423. The number of carbonyl (C=O) groups is 1. The molecule has 0 N–H and O–H groups in total. The lowest BCUT2D eigenvalue weighted by Gasteiger charge is -1.96. The van der Waals surface area contributed by atoms with Crippen LogP contribution >= 0.6 is 23.1 Å². The Kier molecular flexibility index (Phi) is 4.86. The molecule has 104 valence electrons. The van der Waals surface area contributed by atoms with Crippen LogP contribution in [-0.2, 0) is 4.79 Å². The van der Waals surface area contributed by atoms with Gasteiger partial charge in [-0.3, -0.25) is 14.9 Å². The molecule has 0 saturated heterocycles. The Bertz CT molecular complexity index is 623. The summed E-state index contributed by atoms with van der Waals surface area (Å²) >= 11 is 3.06. The number of thioether (sulfide) groups is 1. The van der Waals surface area contributed by atoms with Crippen LogP contribution in [0.1, 0.15) is 13.3 Å². The second kappa shape index (κ2) is 6.62. The zero-order valence-electron chi connectivity index (χ0n) is 10.7. The van der Waals surface area contributed by atoms with Crippen molar-refractivity contribution in [3.8, 4) is 11.3 Å². The van der Waals surface area contributed by atoms with Crippen molar-refractivity contribution < 1.29 is 9.72 Å². The molecule has 5 nitrogen and oxygen atoms in total. The normalized spacial score (nSPS) is 10.4. The SMILES string of the molecule is CC(=O)CCSc1nc(-c2ccc([N+](=O)[O-])cc2)cs1. The molecule has 0 amide bonds. The van der Waals surface area contributed by atoms with Crippen LogP contribution in [0.25, 0.3) is 11.3 Å². The molecule has 2 rings (SSSR count). The number of nitrogens with zero attached hydrogens (tertiary/aromatic N) is 2. The van der Waals surface area contributed by atoms with E-state index in [-0.39, 0.29) is 11.5 Å². The molecule has 0 saturated carbocycles. The lowest BCUT2D eigenvalue weighted by molar-refractivity contribution is -0.384. The Morgan fingerprint density at radius 3 is 2.70 bits per heavy atom. The highest BCUT2D eigenvalue weighted by Gasteiger charge is 2.08. The minimum absolute atomic E-state index is 0.0695. The van der Waals surface area contributed by atoms with Gasteiger partial charge in [-0.15, -0.1) is 11.3 Å². The predicted molar refractivity (Wildman–Crippen MR) is 80.2 cm³/mol. The van der Waals surface area contributed by atoms with Gasteiger partial charge in [0, 0.05) is 35.2 Å². The highest BCUT2D eigenvalue weighted by molar-refractivity contribution is 8.01. The molecule has 20 heavy (non-hydrogen) atoms. The smallest absolute Gasteiger partial charge is 0.269 e. The molecule has 7 heteroatoms. The third kappa shape index (κ3) is 3.88. The number of Topliss-reactive ketones (excluding diaryl/α,β-unsaturated/α-hetero) is 1. The second-order valence-corrected chi connectivity index (χ2v) is 6.30. The fourth-order valence-corrected chi connectivity index (χ4v) is 3.44. The van der Waals surface area contributed by atoms with E-state index in [0.29, 0.717) is 6.42 Å². The maximum absolute atomic E-state index is 10.9. The van der Waals surface area contributed by atoms with Crippen LogP contribution in [0.5, 0.6) is 0 Å². The van der Waals surface area contributed by atoms with E-state index in [2.05, 4.69) is 4.98 Å². The molecule has 1 aromatic carbocycles. The van der Waals surface area contributed by atoms with Crippen molar-refractivity contribution in [3.05, 3.63) is 39.8 Å². The molecule has 1 aromatic heterocycles. The summed E-state index contributed by atoms with van der Waals surface area (Å²) in [5, 5.41) is 12.5. The first-order valence-electron chi connectivity index (χ1n) is 5.89. The second-order valence-electron chi connectivity index (χ2n) is 4.10. The Labute approximate surface area is 124 Å². The Morgan fingerprint density at radius 1 is 1.40 bits per heavy atom. The molecule has 0 bridgehead atoms. The minimum Gasteiger partial charge on any atom is -0.300 e. The monoisotopic (exact) mass is 308 g/mol. The lowest BCUT2D eigenvalue weighted by atomic mass is 10.1. The fraction of sp³-hybridized carbons (Fsp3) is 0.231. The maximum Gasteiger partial charge on any atom is 0.269 e. The van der Waals surface area contributed by atoms with Gasteiger partial charge in [0.1, 0.15) is 5.78 Å². The van der Waals surface area contributed by atoms with Gasteiger partial charge >= 0.3 is 0 Å². The average molecular weight is 308 g/mol. The molecule has 0 aliphatic rings. The Hall–Kier alpha value is -1.73. The molecular weight excluding hydrogens is 296 g/mol. The van der Waals surface area contributed by atoms with Gasteiger partial charge in [-0.05, 0) is 19.1 Å². The van der Waals surface area contributed by atoms with Gasteiger partial charge in [0.2, 0.25) is 0 Å². The van der Waals surface area contributed by atoms with Crippen LogP contribution in [-0.4, -0.2) is 21.4 Å². The fourth-order valence-electron chi connectivity index (χ4n) is 1.49. The van der Waals surface area contributed by atoms with Crippen molar-refractivity contribution in [2.24, 2.45) is 0 Å². The Balaban J connectivity index is 2.04. The van der Waals surface area contributed by atoms with E-state index in [0.717, 1.165) is 21.3 Å². The van der Waals surface area contributed by atoms with Gasteiger partial charge in [-0.1, -0.05) is 11.8 Å². The van der Waals surface area contributed by atoms with Crippen LogP contribution < -0.4 is 0 Å². The van der Waals surface area contributed by atoms with Crippen LogP contribution in [0.3, 0.4) is 0 Å². The maximum atomic E-state index is 10.9. The summed E-state index contributed by atoms with van der Waals surface area (Å²) in [4.78, 5) is 25.5. The first-order chi connectivity index (χ1) is 9.56.